The molecule has 2 atom stereocenters. The Balaban J connectivity index is 1.92. The Labute approximate surface area is 101 Å². The second kappa shape index (κ2) is 3.97. The lowest BCUT2D eigenvalue weighted by Crippen LogP contribution is -2.53. The fourth-order valence-electron chi connectivity index (χ4n) is 2.61. The first-order valence-corrected chi connectivity index (χ1v) is 6.07. The fourth-order valence-corrected chi connectivity index (χ4v) is 2.61. The summed E-state index contributed by atoms with van der Waals surface area (Å²) in [6.45, 7) is 3.03. The average Bonchev–Trinajstić information content (AvgIpc) is 2.32. The Kier molecular flexibility index (Phi) is 2.45. The van der Waals surface area contributed by atoms with Gasteiger partial charge in [-0.3, -0.25) is 4.98 Å². The van der Waals surface area contributed by atoms with E-state index in [4.69, 9.17) is 5.26 Å². The summed E-state index contributed by atoms with van der Waals surface area (Å²) < 4.78 is 0. The van der Waals surface area contributed by atoms with Crippen molar-refractivity contribution in [2.75, 3.05) is 6.54 Å². The molecular weight excluding hydrogens is 210 g/mol. The first kappa shape index (κ1) is 10.5. The molecule has 0 spiro atoms. The summed E-state index contributed by atoms with van der Waals surface area (Å²) in [5.41, 5.74) is 3.95. The van der Waals surface area contributed by atoms with E-state index in [2.05, 4.69) is 22.4 Å². The zero-order valence-corrected chi connectivity index (χ0v) is 9.90. The van der Waals surface area contributed by atoms with Crippen molar-refractivity contribution in [2.45, 2.75) is 25.8 Å². The largest absolute Gasteiger partial charge is 0.313 e. The van der Waals surface area contributed by atoms with Crippen molar-refractivity contribution in [1.82, 2.24) is 10.3 Å². The number of rotatable bonds is 1. The standard InChI is InChI=1S/C14H15N3/c1-9-12(6-15)4-13(8-16-9)10-2-3-11-7-17-14(11)5-10/h2,4,8,11,14,17H,3,5,7H2,1H3/t11-,14-/m0/s1. The minimum absolute atomic E-state index is 0.641. The summed E-state index contributed by atoms with van der Waals surface area (Å²) in [7, 11) is 0. The van der Waals surface area contributed by atoms with E-state index in [1.807, 2.05) is 19.2 Å². The van der Waals surface area contributed by atoms with Crippen LogP contribution in [-0.4, -0.2) is 17.6 Å². The van der Waals surface area contributed by atoms with Crippen molar-refractivity contribution in [1.29, 1.82) is 5.26 Å². The van der Waals surface area contributed by atoms with Crippen molar-refractivity contribution >= 4 is 5.57 Å². The van der Waals surface area contributed by atoms with E-state index in [-0.39, 0.29) is 0 Å². The molecule has 0 unspecified atom stereocenters. The highest BCUT2D eigenvalue weighted by atomic mass is 15.0. The molecule has 86 valence electrons. The van der Waals surface area contributed by atoms with E-state index in [9.17, 15) is 0 Å². The molecule has 2 aliphatic rings. The topological polar surface area (TPSA) is 48.7 Å². The summed E-state index contributed by atoms with van der Waals surface area (Å²) in [4.78, 5) is 4.30. The van der Waals surface area contributed by atoms with Crippen LogP contribution in [0.2, 0.25) is 0 Å². The van der Waals surface area contributed by atoms with E-state index < -0.39 is 0 Å². The van der Waals surface area contributed by atoms with Crippen LogP contribution in [0.5, 0.6) is 0 Å². The summed E-state index contributed by atoms with van der Waals surface area (Å²) in [5.74, 6) is 0.826. The van der Waals surface area contributed by atoms with Crippen molar-refractivity contribution in [2.24, 2.45) is 5.92 Å². The highest BCUT2D eigenvalue weighted by Crippen LogP contribution is 2.34. The maximum Gasteiger partial charge on any atom is 0.101 e. The number of hydrogen-bond acceptors (Lipinski definition) is 3. The third-order valence-corrected chi connectivity index (χ3v) is 3.90. The van der Waals surface area contributed by atoms with Crippen LogP contribution in [0.1, 0.15) is 29.7 Å². The van der Waals surface area contributed by atoms with E-state index in [1.165, 1.54) is 5.57 Å². The fraction of sp³-hybridized carbons (Fsp3) is 0.429. The van der Waals surface area contributed by atoms with Crippen molar-refractivity contribution in [3.63, 3.8) is 0 Å². The van der Waals surface area contributed by atoms with Crippen LogP contribution in [0.3, 0.4) is 0 Å². The minimum Gasteiger partial charge on any atom is -0.313 e. The zero-order chi connectivity index (χ0) is 11.8. The van der Waals surface area contributed by atoms with Gasteiger partial charge in [0.25, 0.3) is 0 Å². The maximum atomic E-state index is 9.02. The average molecular weight is 225 g/mol. The number of nitrogens with one attached hydrogen (secondary N) is 1. The van der Waals surface area contributed by atoms with E-state index in [0.717, 1.165) is 36.6 Å². The third-order valence-electron chi connectivity index (χ3n) is 3.90. The Morgan fingerprint density at radius 1 is 1.53 bits per heavy atom. The van der Waals surface area contributed by atoms with Crippen LogP contribution in [0, 0.1) is 24.2 Å². The molecule has 17 heavy (non-hydrogen) atoms. The highest BCUT2D eigenvalue weighted by molar-refractivity contribution is 5.68. The van der Waals surface area contributed by atoms with Gasteiger partial charge in [0.05, 0.1) is 11.3 Å². The van der Waals surface area contributed by atoms with Crippen molar-refractivity contribution in [3.05, 3.63) is 35.2 Å². The van der Waals surface area contributed by atoms with Gasteiger partial charge in [-0.2, -0.15) is 5.26 Å². The van der Waals surface area contributed by atoms with Gasteiger partial charge >= 0.3 is 0 Å². The molecule has 1 aliphatic carbocycles. The molecule has 1 aromatic rings. The monoisotopic (exact) mass is 225 g/mol. The van der Waals surface area contributed by atoms with Crippen LogP contribution in [0.25, 0.3) is 5.57 Å². The molecule has 0 aromatic carbocycles. The number of aromatic nitrogens is 1. The molecular formula is C14H15N3. The second-order valence-electron chi connectivity index (χ2n) is 4.91. The summed E-state index contributed by atoms with van der Waals surface area (Å²) in [6, 6.07) is 4.81. The number of pyridine rings is 1. The molecule has 0 radical (unpaired) electrons. The number of nitrogens with zero attached hydrogens (tertiary/aromatic N) is 2. The lowest BCUT2D eigenvalue weighted by atomic mass is 9.78. The number of nitriles is 1. The lowest BCUT2D eigenvalue weighted by Gasteiger charge is -2.41. The summed E-state index contributed by atoms with van der Waals surface area (Å²) in [5, 5.41) is 12.5. The first-order chi connectivity index (χ1) is 8.28. The summed E-state index contributed by atoms with van der Waals surface area (Å²) in [6.07, 6.45) is 6.43. The number of aryl methyl sites for hydroxylation is 1. The van der Waals surface area contributed by atoms with Crippen LogP contribution < -0.4 is 5.32 Å². The highest BCUT2D eigenvalue weighted by Gasteiger charge is 2.33. The maximum absolute atomic E-state index is 9.02. The molecule has 1 saturated heterocycles. The molecule has 1 fully saturated rings. The van der Waals surface area contributed by atoms with E-state index in [1.54, 1.807) is 0 Å². The predicted molar refractivity (Wildman–Crippen MR) is 66.2 cm³/mol. The molecule has 1 N–H and O–H groups in total. The first-order valence-electron chi connectivity index (χ1n) is 6.07. The van der Waals surface area contributed by atoms with Gasteiger partial charge in [-0.15, -0.1) is 0 Å². The van der Waals surface area contributed by atoms with E-state index >= 15 is 0 Å². The van der Waals surface area contributed by atoms with Gasteiger partial charge in [0.1, 0.15) is 6.07 Å². The lowest BCUT2D eigenvalue weighted by molar-refractivity contribution is 0.231. The van der Waals surface area contributed by atoms with Gasteiger partial charge in [-0.1, -0.05) is 6.08 Å². The zero-order valence-electron chi connectivity index (χ0n) is 9.90. The molecule has 0 amide bonds. The van der Waals surface area contributed by atoms with Crippen LogP contribution >= 0.6 is 0 Å². The molecule has 1 aliphatic heterocycles. The molecule has 1 aromatic heterocycles. The third kappa shape index (κ3) is 1.75. The predicted octanol–water partition coefficient (Wildman–Crippen LogP) is 2.03. The van der Waals surface area contributed by atoms with Gasteiger partial charge in [0.2, 0.25) is 0 Å². The Hall–Kier alpha value is -1.66. The van der Waals surface area contributed by atoms with Crippen molar-refractivity contribution in [3.8, 4) is 6.07 Å². The van der Waals surface area contributed by atoms with E-state index in [0.29, 0.717) is 11.6 Å². The molecule has 2 heterocycles. The minimum atomic E-state index is 0.641. The van der Waals surface area contributed by atoms with Crippen molar-refractivity contribution < 1.29 is 0 Å². The Bertz CT molecular complexity index is 525. The molecule has 0 saturated carbocycles. The smallest absolute Gasteiger partial charge is 0.101 e. The quantitative estimate of drug-likeness (QED) is 0.795. The van der Waals surface area contributed by atoms with Gasteiger partial charge in [0, 0.05) is 18.8 Å². The number of allylic oxidation sites excluding steroid dienone is 1. The number of fused-ring (bicyclic) bond motifs is 1. The normalized spacial score (nSPS) is 26.5. The Morgan fingerprint density at radius 3 is 3.06 bits per heavy atom. The van der Waals surface area contributed by atoms with Crippen LogP contribution in [0.15, 0.2) is 18.3 Å². The van der Waals surface area contributed by atoms with Gasteiger partial charge in [0.15, 0.2) is 0 Å². The molecule has 3 heteroatoms. The van der Waals surface area contributed by atoms with Gasteiger partial charge in [-0.25, -0.2) is 0 Å². The SMILES string of the molecule is Cc1ncc(C2=CC[C@H]3CN[C@H]3C2)cc1C#N. The Morgan fingerprint density at radius 2 is 2.41 bits per heavy atom. The molecule has 0 bridgehead atoms. The van der Waals surface area contributed by atoms with Gasteiger partial charge < -0.3 is 5.32 Å². The number of hydrogen-bond donors (Lipinski definition) is 1. The van der Waals surface area contributed by atoms with Gasteiger partial charge in [-0.05, 0) is 42.9 Å². The van der Waals surface area contributed by atoms with Crippen LogP contribution in [-0.2, 0) is 0 Å². The molecule has 3 rings (SSSR count). The second-order valence-corrected chi connectivity index (χ2v) is 4.91. The van der Waals surface area contributed by atoms with Crippen LogP contribution in [0.4, 0.5) is 0 Å². The molecule has 3 nitrogen and oxygen atoms in total. The summed E-state index contributed by atoms with van der Waals surface area (Å²) >= 11 is 0.